The van der Waals surface area contributed by atoms with Gasteiger partial charge in [-0.15, -0.1) is 0 Å². The standard InChI is InChI=1S/C12H17N7/c1-2-16-11-10(15)12(18-9-17-11)19(7-3-5-13)8-4-6-14/h9H,2-4,7-8,15H2,1H3,(H,16,17,18). The minimum Gasteiger partial charge on any atom is -0.393 e. The van der Waals surface area contributed by atoms with Gasteiger partial charge in [-0.2, -0.15) is 10.5 Å². The molecule has 0 saturated heterocycles. The molecule has 3 N–H and O–H groups in total. The van der Waals surface area contributed by atoms with Crippen LogP contribution in [-0.4, -0.2) is 29.6 Å². The molecule has 0 bridgehead atoms. The number of aromatic nitrogens is 2. The van der Waals surface area contributed by atoms with Gasteiger partial charge >= 0.3 is 0 Å². The maximum Gasteiger partial charge on any atom is 0.157 e. The first-order chi connectivity index (χ1) is 9.24. The van der Waals surface area contributed by atoms with Gasteiger partial charge < -0.3 is 16.0 Å². The van der Waals surface area contributed by atoms with Crippen LogP contribution >= 0.6 is 0 Å². The molecule has 0 amide bonds. The van der Waals surface area contributed by atoms with Gasteiger partial charge in [-0.1, -0.05) is 0 Å². The molecule has 0 aliphatic carbocycles. The topological polar surface area (TPSA) is 115 Å². The molecule has 0 aromatic carbocycles. The second-order valence-corrected chi connectivity index (χ2v) is 3.79. The SMILES string of the molecule is CCNc1ncnc(N(CCC#N)CCC#N)c1N. The highest BCUT2D eigenvalue weighted by Crippen LogP contribution is 2.26. The van der Waals surface area contributed by atoms with Crippen molar-refractivity contribution in [1.82, 2.24) is 9.97 Å². The lowest BCUT2D eigenvalue weighted by atomic mass is 10.3. The Morgan fingerprint density at radius 2 is 1.89 bits per heavy atom. The maximum atomic E-state index is 8.68. The lowest BCUT2D eigenvalue weighted by Crippen LogP contribution is -2.27. The van der Waals surface area contributed by atoms with E-state index in [2.05, 4.69) is 27.4 Å². The van der Waals surface area contributed by atoms with Crippen LogP contribution in [0.4, 0.5) is 17.3 Å². The summed E-state index contributed by atoms with van der Waals surface area (Å²) in [5.41, 5.74) is 6.46. The third-order valence-corrected chi connectivity index (χ3v) is 2.49. The first-order valence-corrected chi connectivity index (χ1v) is 6.07. The van der Waals surface area contributed by atoms with E-state index >= 15 is 0 Å². The van der Waals surface area contributed by atoms with Crippen LogP contribution in [0, 0.1) is 22.7 Å². The van der Waals surface area contributed by atoms with Crippen LogP contribution in [0.3, 0.4) is 0 Å². The Morgan fingerprint density at radius 3 is 2.42 bits per heavy atom. The van der Waals surface area contributed by atoms with Gasteiger partial charge in [0.25, 0.3) is 0 Å². The molecule has 1 aromatic rings. The van der Waals surface area contributed by atoms with Gasteiger partial charge in [-0.25, -0.2) is 9.97 Å². The summed E-state index contributed by atoms with van der Waals surface area (Å²) in [6, 6.07) is 4.16. The second-order valence-electron chi connectivity index (χ2n) is 3.79. The van der Waals surface area contributed by atoms with E-state index in [1.807, 2.05) is 11.8 Å². The Kier molecular flexibility index (Phi) is 5.90. The third kappa shape index (κ3) is 4.00. The molecule has 0 aliphatic rings. The Bertz CT molecular complexity index is 468. The van der Waals surface area contributed by atoms with Crippen molar-refractivity contribution in [2.24, 2.45) is 0 Å². The highest BCUT2D eigenvalue weighted by atomic mass is 15.2. The molecule has 0 radical (unpaired) electrons. The molecule has 0 atom stereocenters. The normalized spacial score (nSPS) is 9.42. The fourth-order valence-electron chi connectivity index (χ4n) is 1.64. The van der Waals surface area contributed by atoms with Gasteiger partial charge in [0.1, 0.15) is 12.0 Å². The molecule has 0 spiro atoms. The average molecular weight is 259 g/mol. The summed E-state index contributed by atoms with van der Waals surface area (Å²) >= 11 is 0. The quantitative estimate of drug-likeness (QED) is 0.754. The predicted octanol–water partition coefficient (Wildman–Crippen LogP) is 1.12. The van der Waals surface area contributed by atoms with Crippen LogP contribution in [-0.2, 0) is 0 Å². The number of nitrogens with one attached hydrogen (secondary N) is 1. The summed E-state index contributed by atoms with van der Waals surface area (Å²) in [5, 5.41) is 20.4. The van der Waals surface area contributed by atoms with E-state index in [1.54, 1.807) is 0 Å². The molecule has 7 heteroatoms. The van der Waals surface area contributed by atoms with Crippen molar-refractivity contribution in [3.63, 3.8) is 0 Å². The fourth-order valence-corrected chi connectivity index (χ4v) is 1.64. The molecule has 1 aromatic heterocycles. The zero-order valence-corrected chi connectivity index (χ0v) is 10.9. The molecule has 0 saturated carbocycles. The Labute approximate surface area is 112 Å². The molecular formula is C12H17N7. The molecule has 19 heavy (non-hydrogen) atoms. The molecule has 0 aliphatic heterocycles. The van der Waals surface area contributed by atoms with Crippen LogP contribution in [0.5, 0.6) is 0 Å². The van der Waals surface area contributed by atoms with Crippen molar-refractivity contribution in [2.45, 2.75) is 19.8 Å². The van der Waals surface area contributed by atoms with Crippen LogP contribution in [0.1, 0.15) is 19.8 Å². The molecular weight excluding hydrogens is 242 g/mol. The van der Waals surface area contributed by atoms with Gasteiger partial charge in [-0.05, 0) is 6.92 Å². The lowest BCUT2D eigenvalue weighted by Gasteiger charge is -2.23. The van der Waals surface area contributed by atoms with Crippen LogP contribution in [0.15, 0.2) is 6.33 Å². The molecule has 100 valence electrons. The van der Waals surface area contributed by atoms with Gasteiger partial charge in [0.15, 0.2) is 11.6 Å². The number of nitrogens with two attached hydrogens (primary N) is 1. The largest absolute Gasteiger partial charge is 0.393 e. The van der Waals surface area contributed by atoms with Crippen molar-refractivity contribution in [2.75, 3.05) is 35.6 Å². The zero-order chi connectivity index (χ0) is 14.1. The summed E-state index contributed by atoms with van der Waals surface area (Å²) in [5.74, 6) is 1.14. The number of hydrogen-bond acceptors (Lipinski definition) is 7. The van der Waals surface area contributed by atoms with Crippen molar-refractivity contribution in [3.8, 4) is 12.1 Å². The predicted molar refractivity (Wildman–Crippen MR) is 73.3 cm³/mol. The average Bonchev–Trinajstić information content (AvgIpc) is 2.42. The summed E-state index contributed by atoms with van der Waals surface area (Å²) in [4.78, 5) is 10.1. The first kappa shape index (κ1) is 14.5. The molecule has 1 rings (SSSR count). The summed E-state index contributed by atoms with van der Waals surface area (Å²) in [6.45, 7) is 3.64. The lowest BCUT2D eigenvalue weighted by molar-refractivity contribution is 0.781. The number of nitriles is 2. The number of nitrogens with zero attached hydrogens (tertiary/aromatic N) is 5. The maximum absolute atomic E-state index is 8.68. The minimum atomic E-state index is 0.353. The van der Waals surface area contributed by atoms with E-state index in [9.17, 15) is 0 Å². The smallest absolute Gasteiger partial charge is 0.157 e. The highest BCUT2D eigenvalue weighted by molar-refractivity contribution is 5.74. The highest BCUT2D eigenvalue weighted by Gasteiger charge is 2.14. The fraction of sp³-hybridized carbons (Fsp3) is 0.500. The molecule has 1 heterocycles. The first-order valence-electron chi connectivity index (χ1n) is 6.07. The molecule has 7 nitrogen and oxygen atoms in total. The Hall–Kier alpha value is -2.54. The Morgan fingerprint density at radius 1 is 1.26 bits per heavy atom. The number of hydrogen-bond donors (Lipinski definition) is 2. The summed E-state index contributed by atoms with van der Waals surface area (Å²) in [7, 11) is 0. The second kappa shape index (κ2) is 7.72. The van der Waals surface area contributed by atoms with E-state index < -0.39 is 0 Å². The molecule has 0 unspecified atom stereocenters. The van der Waals surface area contributed by atoms with Gasteiger partial charge in [0.2, 0.25) is 0 Å². The van der Waals surface area contributed by atoms with Crippen molar-refractivity contribution in [3.05, 3.63) is 6.33 Å². The number of nitrogen functional groups attached to an aromatic ring is 1. The van der Waals surface area contributed by atoms with Gasteiger partial charge in [0, 0.05) is 19.6 Å². The monoisotopic (exact) mass is 259 g/mol. The minimum absolute atomic E-state index is 0.353. The summed E-state index contributed by atoms with van der Waals surface area (Å²) in [6.07, 6.45) is 2.13. The van der Waals surface area contributed by atoms with Crippen molar-refractivity contribution < 1.29 is 0 Å². The van der Waals surface area contributed by atoms with Crippen LogP contribution in [0.25, 0.3) is 0 Å². The van der Waals surface area contributed by atoms with E-state index in [-0.39, 0.29) is 0 Å². The van der Waals surface area contributed by atoms with Crippen molar-refractivity contribution in [1.29, 1.82) is 10.5 Å². The van der Waals surface area contributed by atoms with E-state index in [1.165, 1.54) is 6.33 Å². The van der Waals surface area contributed by atoms with Gasteiger partial charge in [0.05, 0.1) is 25.0 Å². The van der Waals surface area contributed by atoms with Gasteiger partial charge in [-0.3, -0.25) is 0 Å². The van der Waals surface area contributed by atoms with Crippen LogP contribution in [0.2, 0.25) is 0 Å². The number of rotatable bonds is 7. The van der Waals surface area contributed by atoms with E-state index in [0.29, 0.717) is 49.8 Å². The van der Waals surface area contributed by atoms with Crippen molar-refractivity contribution >= 4 is 17.3 Å². The third-order valence-electron chi connectivity index (χ3n) is 2.49. The summed E-state index contributed by atoms with van der Waals surface area (Å²) < 4.78 is 0. The van der Waals surface area contributed by atoms with E-state index in [0.717, 1.165) is 0 Å². The zero-order valence-electron chi connectivity index (χ0n) is 10.9. The van der Waals surface area contributed by atoms with Crippen LogP contribution < -0.4 is 16.0 Å². The van der Waals surface area contributed by atoms with E-state index in [4.69, 9.17) is 16.3 Å². The number of anilines is 3. The molecule has 0 fully saturated rings. The Balaban J connectivity index is 2.97.